The molecular formula is C19H22F2N2O2. The van der Waals surface area contributed by atoms with E-state index in [0.29, 0.717) is 6.54 Å². The molecule has 0 saturated heterocycles. The van der Waals surface area contributed by atoms with Crippen LogP contribution in [-0.2, 0) is 4.79 Å². The SMILES string of the molecule is CC(Oc1cccc(F)c1)C(=O)NCC(c1cccc(F)c1)N(C)C. The molecule has 25 heavy (non-hydrogen) atoms. The molecule has 0 heterocycles. The van der Waals surface area contributed by atoms with Crippen LogP contribution < -0.4 is 10.1 Å². The molecule has 4 nitrogen and oxygen atoms in total. The van der Waals surface area contributed by atoms with E-state index in [-0.39, 0.29) is 23.5 Å². The number of rotatable bonds is 7. The standard InChI is InChI=1S/C19H22F2N2O2/c1-13(25-17-9-5-8-16(21)11-17)19(24)22-12-18(23(2)3)14-6-4-7-15(20)10-14/h4-11,13,18H,12H2,1-3H3,(H,22,24). The maximum atomic E-state index is 13.4. The van der Waals surface area contributed by atoms with Crippen LogP contribution in [0.5, 0.6) is 5.75 Å². The summed E-state index contributed by atoms with van der Waals surface area (Å²) in [6.07, 6.45) is -0.780. The molecule has 0 fully saturated rings. The second kappa shape index (κ2) is 8.58. The normalized spacial score (nSPS) is 13.4. The molecule has 2 aromatic carbocycles. The highest BCUT2D eigenvalue weighted by Crippen LogP contribution is 2.18. The van der Waals surface area contributed by atoms with Crippen molar-refractivity contribution in [1.29, 1.82) is 0 Å². The van der Waals surface area contributed by atoms with Gasteiger partial charge in [-0.3, -0.25) is 4.79 Å². The van der Waals surface area contributed by atoms with Crippen molar-refractivity contribution in [1.82, 2.24) is 10.2 Å². The first-order chi connectivity index (χ1) is 11.9. The van der Waals surface area contributed by atoms with Crippen LogP contribution in [0.2, 0.25) is 0 Å². The predicted octanol–water partition coefficient (Wildman–Crippen LogP) is 3.15. The molecule has 2 unspecified atom stereocenters. The van der Waals surface area contributed by atoms with E-state index < -0.39 is 11.9 Å². The Kier molecular flexibility index (Phi) is 6.47. The molecule has 0 aliphatic carbocycles. The number of benzene rings is 2. The van der Waals surface area contributed by atoms with Crippen LogP contribution in [0, 0.1) is 11.6 Å². The third-order valence-corrected chi connectivity index (χ3v) is 3.80. The van der Waals surface area contributed by atoms with Crippen LogP contribution in [0.1, 0.15) is 18.5 Å². The molecule has 0 aliphatic heterocycles. The van der Waals surface area contributed by atoms with Crippen molar-refractivity contribution in [2.75, 3.05) is 20.6 Å². The monoisotopic (exact) mass is 348 g/mol. The molecular weight excluding hydrogens is 326 g/mol. The van der Waals surface area contributed by atoms with Crippen LogP contribution in [0.25, 0.3) is 0 Å². The number of likely N-dealkylation sites (N-methyl/N-ethyl adjacent to an activating group) is 1. The summed E-state index contributed by atoms with van der Waals surface area (Å²) in [7, 11) is 3.71. The topological polar surface area (TPSA) is 41.6 Å². The van der Waals surface area contributed by atoms with Crippen LogP contribution >= 0.6 is 0 Å². The number of ether oxygens (including phenoxy) is 1. The third kappa shape index (κ3) is 5.53. The zero-order valence-electron chi connectivity index (χ0n) is 14.5. The average molecular weight is 348 g/mol. The number of nitrogens with zero attached hydrogens (tertiary/aromatic N) is 1. The predicted molar refractivity (Wildman–Crippen MR) is 92.3 cm³/mol. The van der Waals surface area contributed by atoms with E-state index in [1.54, 1.807) is 19.1 Å². The molecule has 134 valence electrons. The van der Waals surface area contributed by atoms with Gasteiger partial charge in [-0.1, -0.05) is 18.2 Å². The van der Waals surface area contributed by atoms with Crippen molar-refractivity contribution < 1.29 is 18.3 Å². The van der Waals surface area contributed by atoms with E-state index in [4.69, 9.17) is 4.74 Å². The highest BCUT2D eigenvalue weighted by atomic mass is 19.1. The Morgan fingerprint density at radius 1 is 1.12 bits per heavy atom. The van der Waals surface area contributed by atoms with Crippen molar-refractivity contribution in [3.05, 3.63) is 65.7 Å². The van der Waals surface area contributed by atoms with E-state index in [1.807, 2.05) is 25.1 Å². The number of amides is 1. The largest absolute Gasteiger partial charge is 0.481 e. The maximum absolute atomic E-state index is 13.4. The number of hydrogen-bond donors (Lipinski definition) is 1. The summed E-state index contributed by atoms with van der Waals surface area (Å²) in [5.74, 6) is -0.785. The van der Waals surface area contributed by atoms with Crippen molar-refractivity contribution in [3.63, 3.8) is 0 Å². The Bertz CT molecular complexity index is 722. The zero-order valence-corrected chi connectivity index (χ0v) is 14.5. The van der Waals surface area contributed by atoms with Gasteiger partial charge in [0.1, 0.15) is 17.4 Å². The van der Waals surface area contributed by atoms with Crippen molar-refractivity contribution >= 4 is 5.91 Å². The van der Waals surface area contributed by atoms with Gasteiger partial charge < -0.3 is 15.0 Å². The lowest BCUT2D eigenvalue weighted by atomic mass is 10.1. The fraction of sp³-hybridized carbons (Fsp3) is 0.316. The van der Waals surface area contributed by atoms with Crippen molar-refractivity contribution in [2.45, 2.75) is 19.1 Å². The van der Waals surface area contributed by atoms with Gasteiger partial charge in [-0.2, -0.15) is 0 Å². The van der Waals surface area contributed by atoms with Crippen LogP contribution in [0.15, 0.2) is 48.5 Å². The smallest absolute Gasteiger partial charge is 0.260 e. The molecule has 0 radical (unpaired) electrons. The minimum atomic E-state index is -0.780. The van der Waals surface area contributed by atoms with Crippen molar-refractivity contribution in [2.24, 2.45) is 0 Å². The van der Waals surface area contributed by atoms with E-state index in [0.717, 1.165) is 5.56 Å². The molecule has 1 N–H and O–H groups in total. The van der Waals surface area contributed by atoms with Gasteiger partial charge in [-0.05, 0) is 50.8 Å². The summed E-state index contributed by atoms with van der Waals surface area (Å²) in [6.45, 7) is 1.89. The Labute approximate surface area is 146 Å². The minimum absolute atomic E-state index is 0.180. The molecule has 2 rings (SSSR count). The first kappa shape index (κ1) is 18.9. The Hall–Kier alpha value is -2.47. The second-order valence-electron chi connectivity index (χ2n) is 6.00. The molecule has 2 atom stereocenters. The maximum Gasteiger partial charge on any atom is 0.260 e. The molecule has 0 saturated carbocycles. The molecule has 6 heteroatoms. The Balaban J connectivity index is 1.96. The fourth-order valence-electron chi connectivity index (χ4n) is 2.45. The van der Waals surface area contributed by atoms with Gasteiger partial charge >= 0.3 is 0 Å². The van der Waals surface area contributed by atoms with Gasteiger partial charge in [0.15, 0.2) is 6.10 Å². The number of carbonyl (C=O) groups excluding carboxylic acids is 1. The first-order valence-corrected chi connectivity index (χ1v) is 7.98. The van der Waals surface area contributed by atoms with E-state index >= 15 is 0 Å². The van der Waals surface area contributed by atoms with E-state index in [1.165, 1.54) is 30.3 Å². The third-order valence-electron chi connectivity index (χ3n) is 3.80. The molecule has 2 aromatic rings. The van der Waals surface area contributed by atoms with Gasteiger partial charge in [-0.25, -0.2) is 8.78 Å². The highest BCUT2D eigenvalue weighted by Gasteiger charge is 2.19. The summed E-state index contributed by atoms with van der Waals surface area (Å²) in [5.41, 5.74) is 0.768. The lowest BCUT2D eigenvalue weighted by molar-refractivity contribution is -0.127. The number of nitrogens with one attached hydrogen (secondary N) is 1. The Morgan fingerprint density at radius 2 is 1.76 bits per heavy atom. The van der Waals surface area contributed by atoms with E-state index in [2.05, 4.69) is 5.32 Å². The summed E-state index contributed by atoms with van der Waals surface area (Å²) in [4.78, 5) is 14.1. The average Bonchev–Trinajstić information content (AvgIpc) is 2.54. The zero-order chi connectivity index (χ0) is 18.4. The summed E-state index contributed by atoms with van der Waals surface area (Å²) in [6, 6.07) is 11.7. The summed E-state index contributed by atoms with van der Waals surface area (Å²) in [5, 5.41) is 2.79. The quantitative estimate of drug-likeness (QED) is 0.836. The van der Waals surface area contributed by atoms with Gasteiger partial charge in [0.2, 0.25) is 0 Å². The van der Waals surface area contributed by atoms with Crippen LogP contribution in [0.4, 0.5) is 8.78 Å². The fourth-order valence-corrected chi connectivity index (χ4v) is 2.45. The minimum Gasteiger partial charge on any atom is -0.481 e. The first-order valence-electron chi connectivity index (χ1n) is 7.98. The second-order valence-corrected chi connectivity index (χ2v) is 6.00. The lowest BCUT2D eigenvalue weighted by Gasteiger charge is -2.26. The van der Waals surface area contributed by atoms with Crippen molar-refractivity contribution in [3.8, 4) is 5.75 Å². The van der Waals surface area contributed by atoms with E-state index in [9.17, 15) is 13.6 Å². The van der Waals surface area contributed by atoms with Gasteiger partial charge in [0.25, 0.3) is 5.91 Å². The molecule has 0 spiro atoms. The van der Waals surface area contributed by atoms with Gasteiger partial charge in [0, 0.05) is 12.6 Å². The molecule has 0 aliphatic rings. The van der Waals surface area contributed by atoms with Gasteiger partial charge in [0.05, 0.1) is 6.04 Å². The summed E-state index contributed by atoms with van der Waals surface area (Å²) < 4.78 is 32.1. The summed E-state index contributed by atoms with van der Waals surface area (Å²) >= 11 is 0. The highest BCUT2D eigenvalue weighted by molar-refractivity contribution is 5.80. The number of carbonyl (C=O) groups is 1. The Morgan fingerprint density at radius 3 is 2.36 bits per heavy atom. The molecule has 0 aromatic heterocycles. The molecule has 0 bridgehead atoms. The van der Waals surface area contributed by atoms with Crippen LogP contribution in [-0.4, -0.2) is 37.6 Å². The van der Waals surface area contributed by atoms with Gasteiger partial charge in [-0.15, -0.1) is 0 Å². The molecule has 1 amide bonds. The van der Waals surface area contributed by atoms with Crippen LogP contribution in [0.3, 0.4) is 0 Å². The number of halogens is 2. The number of hydrogen-bond acceptors (Lipinski definition) is 3. The lowest BCUT2D eigenvalue weighted by Crippen LogP contribution is -2.41.